The van der Waals surface area contributed by atoms with Crippen LogP contribution in [0.25, 0.3) is 0 Å². The zero-order valence-electron chi connectivity index (χ0n) is 15.1. The Morgan fingerprint density at radius 1 is 0.926 bits per heavy atom. The molecule has 7 nitrogen and oxygen atoms in total. The van der Waals surface area contributed by atoms with Gasteiger partial charge in [0.1, 0.15) is 5.56 Å². The minimum Gasteiger partial charge on any atom is -0.337 e. The molecule has 140 valence electrons. The van der Waals surface area contributed by atoms with E-state index in [0.29, 0.717) is 38.2 Å². The molecular formula is C20H21N3O4. The minimum atomic E-state index is -0.543. The maximum Gasteiger partial charge on any atom is 0.282 e. The van der Waals surface area contributed by atoms with Gasteiger partial charge in [-0.15, -0.1) is 0 Å². The molecule has 0 N–H and O–H groups in total. The van der Waals surface area contributed by atoms with Gasteiger partial charge >= 0.3 is 0 Å². The number of hydrogen-bond acceptors (Lipinski definition) is 4. The van der Waals surface area contributed by atoms with E-state index in [1.807, 2.05) is 25.1 Å². The third-order valence-electron chi connectivity index (χ3n) is 4.67. The van der Waals surface area contributed by atoms with E-state index in [-0.39, 0.29) is 23.1 Å². The van der Waals surface area contributed by atoms with Crippen LogP contribution in [0.1, 0.15) is 32.7 Å². The third kappa shape index (κ3) is 4.13. The van der Waals surface area contributed by atoms with Gasteiger partial charge in [0, 0.05) is 37.8 Å². The zero-order valence-corrected chi connectivity index (χ0v) is 15.1. The van der Waals surface area contributed by atoms with Gasteiger partial charge < -0.3 is 9.80 Å². The summed E-state index contributed by atoms with van der Waals surface area (Å²) in [5.74, 6) is -0.425. The first-order valence-corrected chi connectivity index (χ1v) is 8.86. The highest BCUT2D eigenvalue weighted by molar-refractivity contribution is 5.98. The Morgan fingerprint density at radius 3 is 2.26 bits per heavy atom. The Kier molecular flexibility index (Phi) is 5.49. The first-order chi connectivity index (χ1) is 13.0. The molecule has 1 aliphatic heterocycles. The van der Waals surface area contributed by atoms with Crippen molar-refractivity contribution < 1.29 is 14.5 Å². The summed E-state index contributed by atoms with van der Waals surface area (Å²) in [6, 6.07) is 13.4. The molecule has 1 heterocycles. The number of nitro benzene ring substituents is 1. The van der Waals surface area contributed by atoms with E-state index in [1.54, 1.807) is 28.0 Å². The molecule has 2 aromatic carbocycles. The number of benzene rings is 2. The predicted octanol–water partition coefficient (Wildman–Crippen LogP) is 2.89. The molecule has 2 amide bonds. The van der Waals surface area contributed by atoms with Crippen LogP contribution in [-0.2, 0) is 0 Å². The molecule has 0 aliphatic carbocycles. The van der Waals surface area contributed by atoms with Crippen LogP contribution >= 0.6 is 0 Å². The van der Waals surface area contributed by atoms with E-state index >= 15 is 0 Å². The molecule has 0 spiro atoms. The molecule has 1 fully saturated rings. The molecule has 0 saturated carbocycles. The standard InChI is InChI=1S/C20H21N3O4/c1-15-6-4-7-16(14-15)19(24)21-10-5-11-22(13-12-21)20(25)17-8-2-3-9-18(17)23(26)27/h2-4,6-9,14H,5,10-13H2,1H3. The Labute approximate surface area is 157 Å². The van der Waals surface area contributed by atoms with Crippen molar-refractivity contribution in [2.75, 3.05) is 26.2 Å². The second kappa shape index (κ2) is 7.99. The van der Waals surface area contributed by atoms with Gasteiger partial charge in [0.25, 0.3) is 17.5 Å². The number of carbonyl (C=O) groups is 2. The lowest BCUT2D eigenvalue weighted by atomic mass is 10.1. The van der Waals surface area contributed by atoms with Crippen molar-refractivity contribution in [1.29, 1.82) is 0 Å². The summed E-state index contributed by atoms with van der Waals surface area (Å²) in [6.07, 6.45) is 0.629. The summed E-state index contributed by atoms with van der Waals surface area (Å²) in [5.41, 5.74) is 1.54. The number of nitro groups is 1. The predicted molar refractivity (Wildman–Crippen MR) is 101 cm³/mol. The highest BCUT2D eigenvalue weighted by atomic mass is 16.6. The molecule has 1 saturated heterocycles. The van der Waals surface area contributed by atoms with Crippen LogP contribution in [0.15, 0.2) is 48.5 Å². The average molecular weight is 367 g/mol. The van der Waals surface area contributed by atoms with E-state index in [1.165, 1.54) is 12.1 Å². The topological polar surface area (TPSA) is 83.8 Å². The van der Waals surface area contributed by atoms with Crippen molar-refractivity contribution in [3.05, 3.63) is 75.3 Å². The summed E-state index contributed by atoms with van der Waals surface area (Å²) >= 11 is 0. The second-order valence-electron chi connectivity index (χ2n) is 6.58. The SMILES string of the molecule is Cc1cccc(C(=O)N2CCCN(C(=O)c3ccccc3[N+](=O)[O-])CC2)c1. The normalized spacial score (nSPS) is 14.6. The molecular weight excluding hydrogens is 346 g/mol. The van der Waals surface area contributed by atoms with Crippen molar-refractivity contribution in [2.45, 2.75) is 13.3 Å². The first-order valence-electron chi connectivity index (χ1n) is 8.86. The van der Waals surface area contributed by atoms with Crippen LogP contribution in [0.4, 0.5) is 5.69 Å². The van der Waals surface area contributed by atoms with Crippen LogP contribution < -0.4 is 0 Å². The number of amides is 2. The fraction of sp³-hybridized carbons (Fsp3) is 0.300. The molecule has 1 aliphatic rings. The van der Waals surface area contributed by atoms with Crippen molar-refractivity contribution in [3.8, 4) is 0 Å². The molecule has 2 aromatic rings. The average Bonchev–Trinajstić information content (AvgIpc) is 2.93. The molecule has 0 aromatic heterocycles. The number of rotatable bonds is 3. The first kappa shape index (κ1) is 18.6. The van der Waals surface area contributed by atoms with Gasteiger partial charge in [-0.25, -0.2) is 0 Å². The van der Waals surface area contributed by atoms with Gasteiger partial charge in [0.15, 0.2) is 0 Å². The monoisotopic (exact) mass is 367 g/mol. The molecule has 0 radical (unpaired) electrons. The van der Waals surface area contributed by atoms with E-state index in [2.05, 4.69) is 0 Å². The Balaban J connectivity index is 1.72. The second-order valence-corrected chi connectivity index (χ2v) is 6.58. The van der Waals surface area contributed by atoms with Crippen LogP contribution in [-0.4, -0.2) is 52.7 Å². The smallest absolute Gasteiger partial charge is 0.282 e. The largest absolute Gasteiger partial charge is 0.337 e. The summed E-state index contributed by atoms with van der Waals surface area (Å²) in [4.78, 5) is 39.5. The quantitative estimate of drug-likeness (QED) is 0.617. The lowest BCUT2D eigenvalue weighted by molar-refractivity contribution is -0.385. The van der Waals surface area contributed by atoms with E-state index in [9.17, 15) is 19.7 Å². The van der Waals surface area contributed by atoms with Crippen LogP contribution in [0.5, 0.6) is 0 Å². The highest BCUT2D eigenvalue weighted by Crippen LogP contribution is 2.20. The maximum absolute atomic E-state index is 12.8. The fourth-order valence-electron chi connectivity index (χ4n) is 3.27. The summed E-state index contributed by atoms with van der Waals surface area (Å²) in [5, 5.41) is 11.2. The van der Waals surface area contributed by atoms with Crippen molar-refractivity contribution in [1.82, 2.24) is 9.80 Å². The molecule has 0 atom stereocenters. The molecule has 7 heteroatoms. The highest BCUT2D eigenvalue weighted by Gasteiger charge is 2.27. The number of carbonyl (C=O) groups excluding carboxylic acids is 2. The van der Waals surface area contributed by atoms with Crippen molar-refractivity contribution in [2.24, 2.45) is 0 Å². The summed E-state index contributed by atoms with van der Waals surface area (Å²) < 4.78 is 0. The van der Waals surface area contributed by atoms with E-state index in [0.717, 1.165) is 5.56 Å². The minimum absolute atomic E-state index is 0.0568. The Bertz CT molecular complexity index is 881. The van der Waals surface area contributed by atoms with Gasteiger partial charge in [-0.05, 0) is 31.5 Å². The maximum atomic E-state index is 12.8. The van der Waals surface area contributed by atoms with Crippen molar-refractivity contribution in [3.63, 3.8) is 0 Å². The number of para-hydroxylation sites is 1. The van der Waals surface area contributed by atoms with Gasteiger partial charge in [0.05, 0.1) is 4.92 Å². The van der Waals surface area contributed by atoms with E-state index < -0.39 is 4.92 Å². The van der Waals surface area contributed by atoms with Crippen LogP contribution in [0.2, 0.25) is 0 Å². The number of aryl methyl sites for hydroxylation is 1. The van der Waals surface area contributed by atoms with Crippen molar-refractivity contribution >= 4 is 17.5 Å². The third-order valence-corrected chi connectivity index (χ3v) is 4.67. The summed E-state index contributed by atoms with van der Waals surface area (Å²) in [6.45, 7) is 3.70. The fourth-order valence-corrected chi connectivity index (χ4v) is 3.27. The number of hydrogen-bond donors (Lipinski definition) is 0. The summed E-state index contributed by atoms with van der Waals surface area (Å²) in [7, 11) is 0. The molecule has 0 unspecified atom stereocenters. The van der Waals surface area contributed by atoms with Gasteiger partial charge in [0.2, 0.25) is 0 Å². The molecule has 27 heavy (non-hydrogen) atoms. The number of nitrogens with zero attached hydrogens (tertiary/aromatic N) is 3. The van der Waals surface area contributed by atoms with Gasteiger partial charge in [-0.1, -0.05) is 29.8 Å². The lowest BCUT2D eigenvalue weighted by Crippen LogP contribution is -2.37. The molecule has 0 bridgehead atoms. The zero-order chi connectivity index (χ0) is 19.4. The Hall–Kier alpha value is -3.22. The Morgan fingerprint density at radius 2 is 1.59 bits per heavy atom. The van der Waals surface area contributed by atoms with Crippen LogP contribution in [0.3, 0.4) is 0 Å². The molecule has 3 rings (SSSR count). The van der Waals surface area contributed by atoms with Gasteiger partial charge in [-0.3, -0.25) is 19.7 Å². The van der Waals surface area contributed by atoms with Crippen LogP contribution in [0, 0.1) is 17.0 Å². The van der Waals surface area contributed by atoms with E-state index in [4.69, 9.17) is 0 Å². The van der Waals surface area contributed by atoms with Gasteiger partial charge in [-0.2, -0.15) is 0 Å². The lowest BCUT2D eigenvalue weighted by Gasteiger charge is -2.22.